The SMILES string of the molecule is CCCC1CC1N1CCCNC(Cc2ccccc2)C1. The Morgan fingerprint density at radius 1 is 1.25 bits per heavy atom. The third-order valence-corrected chi connectivity index (χ3v) is 4.85. The Balaban J connectivity index is 1.56. The van der Waals surface area contributed by atoms with Crippen LogP contribution < -0.4 is 5.32 Å². The summed E-state index contributed by atoms with van der Waals surface area (Å²) in [5.41, 5.74) is 1.47. The first-order valence-electron chi connectivity index (χ1n) is 8.38. The van der Waals surface area contributed by atoms with Crippen LogP contribution in [0.5, 0.6) is 0 Å². The Hall–Kier alpha value is -0.860. The molecule has 1 N–H and O–H groups in total. The van der Waals surface area contributed by atoms with Crippen molar-refractivity contribution in [1.82, 2.24) is 10.2 Å². The maximum Gasteiger partial charge on any atom is 0.0235 e. The molecule has 110 valence electrons. The molecule has 0 aromatic heterocycles. The van der Waals surface area contributed by atoms with Crippen LogP contribution in [-0.4, -0.2) is 36.6 Å². The van der Waals surface area contributed by atoms with Crippen LogP contribution in [-0.2, 0) is 6.42 Å². The first kappa shape index (κ1) is 14.1. The smallest absolute Gasteiger partial charge is 0.0235 e. The first-order chi connectivity index (χ1) is 9.86. The molecule has 1 saturated carbocycles. The zero-order valence-electron chi connectivity index (χ0n) is 12.7. The molecule has 3 atom stereocenters. The zero-order chi connectivity index (χ0) is 13.8. The molecule has 1 saturated heterocycles. The van der Waals surface area contributed by atoms with Crippen molar-refractivity contribution in [3.8, 4) is 0 Å². The summed E-state index contributed by atoms with van der Waals surface area (Å²) in [5.74, 6) is 0.996. The Kier molecular flexibility index (Phi) is 4.74. The molecule has 2 fully saturated rings. The maximum absolute atomic E-state index is 3.75. The van der Waals surface area contributed by atoms with Gasteiger partial charge in [-0.1, -0.05) is 43.7 Å². The Morgan fingerprint density at radius 3 is 2.90 bits per heavy atom. The van der Waals surface area contributed by atoms with Crippen LogP contribution in [0.3, 0.4) is 0 Å². The van der Waals surface area contributed by atoms with Gasteiger partial charge in [0.1, 0.15) is 0 Å². The minimum atomic E-state index is 0.628. The number of hydrogen-bond donors (Lipinski definition) is 1. The Labute approximate surface area is 123 Å². The predicted octanol–water partition coefficient (Wildman–Crippen LogP) is 3.08. The van der Waals surface area contributed by atoms with Gasteiger partial charge in [-0.25, -0.2) is 0 Å². The second kappa shape index (κ2) is 6.73. The Bertz CT molecular complexity index is 403. The van der Waals surface area contributed by atoms with Crippen LogP contribution >= 0.6 is 0 Å². The van der Waals surface area contributed by atoms with Gasteiger partial charge in [-0.05, 0) is 50.3 Å². The lowest BCUT2D eigenvalue weighted by Gasteiger charge is -2.25. The predicted molar refractivity (Wildman–Crippen MR) is 84.9 cm³/mol. The molecule has 2 aliphatic rings. The minimum Gasteiger partial charge on any atom is -0.312 e. The summed E-state index contributed by atoms with van der Waals surface area (Å²) >= 11 is 0. The summed E-state index contributed by atoms with van der Waals surface area (Å²) < 4.78 is 0. The van der Waals surface area contributed by atoms with Crippen molar-refractivity contribution in [2.75, 3.05) is 19.6 Å². The largest absolute Gasteiger partial charge is 0.312 e. The number of benzene rings is 1. The van der Waals surface area contributed by atoms with E-state index in [2.05, 4.69) is 47.5 Å². The van der Waals surface area contributed by atoms with E-state index >= 15 is 0 Å². The summed E-state index contributed by atoms with van der Waals surface area (Å²) in [4.78, 5) is 2.77. The normalized spacial score (nSPS) is 30.9. The molecule has 1 aliphatic carbocycles. The van der Waals surface area contributed by atoms with Crippen molar-refractivity contribution in [3.05, 3.63) is 35.9 Å². The fraction of sp³-hybridized carbons (Fsp3) is 0.667. The van der Waals surface area contributed by atoms with E-state index in [1.165, 1.54) is 57.3 Å². The molecule has 2 heteroatoms. The highest BCUT2D eigenvalue weighted by molar-refractivity contribution is 5.16. The third kappa shape index (κ3) is 3.62. The third-order valence-electron chi connectivity index (χ3n) is 4.85. The van der Waals surface area contributed by atoms with Crippen molar-refractivity contribution >= 4 is 0 Å². The lowest BCUT2D eigenvalue weighted by atomic mass is 10.1. The van der Waals surface area contributed by atoms with Gasteiger partial charge in [0, 0.05) is 18.6 Å². The van der Waals surface area contributed by atoms with Gasteiger partial charge in [0.25, 0.3) is 0 Å². The number of nitrogens with zero attached hydrogens (tertiary/aromatic N) is 1. The van der Waals surface area contributed by atoms with Crippen molar-refractivity contribution in [3.63, 3.8) is 0 Å². The van der Waals surface area contributed by atoms with E-state index in [0.29, 0.717) is 6.04 Å². The van der Waals surface area contributed by atoms with Crippen molar-refractivity contribution in [2.24, 2.45) is 5.92 Å². The second-order valence-corrected chi connectivity index (χ2v) is 6.54. The standard InChI is InChI=1S/C18H28N2/c1-2-7-16-13-18(16)20-11-6-10-19-17(14-20)12-15-8-4-3-5-9-15/h3-5,8-9,16-19H,2,6-7,10-14H2,1H3. The maximum atomic E-state index is 3.75. The van der Waals surface area contributed by atoms with E-state index in [9.17, 15) is 0 Å². The molecule has 0 spiro atoms. The van der Waals surface area contributed by atoms with Crippen molar-refractivity contribution < 1.29 is 0 Å². The van der Waals surface area contributed by atoms with E-state index in [4.69, 9.17) is 0 Å². The molecule has 1 aliphatic heterocycles. The van der Waals surface area contributed by atoms with E-state index in [0.717, 1.165) is 12.0 Å². The van der Waals surface area contributed by atoms with Gasteiger partial charge >= 0.3 is 0 Å². The van der Waals surface area contributed by atoms with Crippen LogP contribution in [0.1, 0.15) is 38.2 Å². The van der Waals surface area contributed by atoms with Crippen LogP contribution in [0.15, 0.2) is 30.3 Å². The molecule has 0 bridgehead atoms. The number of nitrogens with one attached hydrogen (secondary N) is 1. The molecule has 3 unspecified atom stereocenters. The lowest BCUT2D eigenvalue weighted by molar-refractivity contribution is 0.244. The van der Waals surface area contributed by atoms with E-state index in [1.807, 2.05) is 0 Å². The van der Waals surface area contributed by atoms with E-state index in [1.54, 1.807) is 0 Å². The van der Waals surface area contributed by atoms with Crippen LogP contribution in [0.2, 0.25) is 0 Å². The molecule has 20 heavy (non-hydrogen) atoms. The molecule has 0 radical (unpaired) electrons. The van der Waals surface area contributed by atoms with Crippen LogP contribution in [0, 0.1) is 5.92 Å². The average Bonchev–Trinajstić information content (AvgIpc) is 3.24. The summed E-state index contributed by atoms with van der Waals surface area (Å²) in [5, 5.41) is 3.75. The highest BCUT2D eigenvalue weighted by Crippen LogP contribution is 2.39. The van der Waals surface area contributed by atoms with Crippen molar-refractivity contribution in [1.29, 1.82) is 0 Å². The molecular formula is C18H28N2. The zero-order valence-corrected chi connectivity index (χ0v) is 12.7. The van der Waals surface area contributed by atoms with Crippen LogP contribution in [0.25, 0.3) is 0 Å². The molecule has 1 heterocycles. The van der Waals surface area contributed by atoms with Gasteiger partial charge in [-0.15, -0.1) is 0 Å². The highest BCUT2D eigenvalue weighted by Gasteiger charge is 2.41. The second-order valence-electron chi connectivity index (χ2n) is 6.54. The van der Waals surface area contributed by atoms with Gasteiger partial charge in [0.15, 0.2) is 0 Å². The van der Waals surface area contributed by atoms with E-state index < -0.39 is 0 Å². The first-order valence-corrected chi connectivity index (χ1v) is 8.38. The summed E-state index contributed by atoms with van der Waals surface area (Å²) in [6.07, 6.45) is 6.70. The molecule has 0 amide bonds. The quantitative estimate of drug-likeness (QED) is 0.886. The summed E-state index contributed by atoms with van der Waals surface area (Å²) in [6.45, 7) is 6.03. The van der Waals surface area contributed by atoms with Crippen molar-refractivity contribution in [2.45, 2.75) is 51.1 Å². The minimum absolute atomic E-state index is 0.628. The summed E-state index contributed by atoms with van der Waals surface area (Å²) in [6, 6.07) is 12.5. The molecule has 3 rings (SSSR count). The van der Waals surface area contributed by atoms with Gasteiger partial charge < -0.3 is 5.32 Å². The summed E-state index contributed by atoms with van der Waals surface area (Å²) in [7, 11) is 0. The number of rotatable bonds is 5. The van der Waals surface area contributed by atoms with E-state index in [-0.39, 0.29) is 0 Å². The lowest BCUT2D eigenvalue weighted by Crippen LogP contribution is -2.40. The highest BCUT2D eigenvalue weighted by atomic mass is 15.2. The molecule has 1 aromatic carbocycles. The monoisotopic (exact) mass is 272 g/mol. The Morgan fingerprint density at radius 2 is 2.10 bits per heavy atom. The molecule has 2 nitrogen and oxygen atoms in total. The molecule has 1 aromatic rings. The van der Waals surface area contributed by atoms with Gasteiger partial charge in [0.2, 0.25) is 0 Å². The number of hydrogen-bond acceptors (Lipinski definition) is 2. The molecular weight excluding hydrogens is 244 g/mol. The fourth-order valence-electron chi connectivity index (χ4n) is 3.72. The topological polar surface area (TPSA) is 15.3 Å². The van der Waals surface area contributed by atoms with Crippen LogP contribution in [0.4, 0.5) is 0 Å². The fourth-order valence-corrected chi connectivity index (χ4v) is 3.72. The van der Waals surface area contributed by atoms with Gasteiger partial charge in [-0.2, -0.15) is 0 Å². The van der Waals surface area contributed by atoms with Gasteiger partial charge in [0.05, 0.1) is 0 Å². The average molecular weight is 272 g/mol. The van der Waals surface area contributed by atoms with Gasteiger partial charge in [-0.3, -0.25) is 4.90 Å².